The van der Waals surface area contributed by atoms with E-state index in [1.807, 2.05) is 18.2 Å². The van der Waals surface area contributed by atoms with Crippen molar-refractivity contribution in [1.29, 1.82) is 0 Å². The van der Waals surface area contributed by atoms with Crippen LogP contribution >= 0.6 is 0 Å². The van der Waals surface area contributed by atoms with Gasteiger partial charge >= 0.3 is 0 Å². The monoisotopic (exact) mass is 628 g/mol. The Bertz CT molecular complexity index is 2860. The SMILES string of the molecule is NC1=Cc2cccc(N)c2/C1=C\Cn1c2ccc(-c3ccc4c(c3)c3ccccc3n4-c3ccccc3)cc2c2c3ccccc3ccc21. The predicted octanol–water partition coefficient (Wildman–Crippen LogP) is 10.7. The standard InChI is InChI=1S/C45H32N4/c46-38-15-8-10-31-27-39(47)35(44(31)38)23-24-48-40-20-18-30(26-37(40)45-33-13-5-4-9-28(33)17-22-43(45)48)29-19-21-42-36(25-29)34-14-6-7-16-41(34)49(42)32-11-2-1-3-12-32/h1-23,25-27H,24,46-47H2/b35-23-. The Hall–Kier alpha value is -6.52. The maximum atomic E-state index is 6.56. The molecule has 0 fully saturated rings. The largest absolute Gasteiger partial charge is 0.398 e. The molecule has 9 aromatic rings. The summed E-state index contributed by atoms with van der Waals surface area (Å²) >= 11 is 0. The molecule has 0 bridgehead atoms. The fraction of sp³-hybridized carbons (Fsp3) is 0.0222. The highest BCUT2D eigenvalue weighted by Gasteiger charge is 2.20. The van der Waals surface area contributed by atoms with Crippen molar-refractivity contribution in [1.82, 2.24) is 9.13 Å². The highest BCUT2D eigenvalue weighted by atomic mass is 15.0. The lowest BCUT2D eigenvalue weighted by Crippen LogP contribution is -2.01. The highest BCUT2D eigenvalue weighted by Crippen LogP contribution is 2.41. The van der Waals surface area contributed by atoms with Crippen molar-refractivity contribution >= 4 is 71.7 Å². The predicted molar refractivity (Wildman–Crippen MR) is 208 cm³/mol. The van der Waals surface area contributed by atoms with Crippen LogP contribution in [-0.2, 0) is 6.54 Å². The van der Waals surface area contributed by atoms with Gasteiger partial charge in [-0.15, -0.1) is 0 Å². The van der Waals surface area contributed by atoms with Crippen molar-refractivity contribution in [3.05, 3.63) is 168 Å². The third-order valence-electron chi connectivity index (χ3n) is 10.3. The van der Waals surface area contributed by atoms with Crippen molar-refractivity contribution in [3.63, 3.8) is 0 Å². The summed E-state index contributed by atoms with van der Waals surface area (Å²) in [5, 5.41) is 7.50. The molecular formula is C45H32N4. The van der Waals surface area contributed by atoms with Crippen molar-refractivity contribution in [2.75, 3.05) is 5.73 Å². The zero-order valence-corrected chi connectivity index (χ0v) is 26.8. The van der Waals surface area contributed by atoms with Crippen molar-refractivity contribution in [2.45, 2.75) is 6.54 Å². The Morgan fingerprint density at radius 3 is 2.08 bits per heavy atom. The summed E-state index contributed by atoms with van der Waals surface area (Å²) in [6.07, 6.45) is 4.25. The molecule has 0 radical (unpaired) electrons. The van der Waals surface area contributed by atoms with Crippen molar-refractivity contribution in [3.8, 4) is 16.8 Å². The molecule has 0 saturated carbocycles. The summed E-state index contributed by atoms with van der Waals surface area (Å²) in [4.78, 5) is 0. The summed E-state index contributed by atoms with van der Waals surface area (Å²) in [6.45, 7) is 0.667. The normalized spacial score (nSPS) is 13.7. The van der Waals surface area contributed by atoms with E-state index in [4.69, 9.17) is 11.5 Å². The number of nitrogen functional groups attached to an aromatic ring is 1. The number of allylic oxidation sites excluding steroid dienone is 2. The number of fused-ring (bicyclic) bond motifs is 9. The molecule has 1 aliphatic rings. The van der Waals surface area contributed by atoms with Gasteiger partial charge in [0, 0.05) is 61.8 Å². The number of aromatic nitrogens is 2. The van der Waals surface area contributed by atoms with Gasteiger partial charge in [-0.2, -0.15) is 0 Å². The minimum Gasteiger partial charge on any atom is -0.398 e. The van der Waals surface area contributed by atoms with E-state index in [0.717, 1.165) is 28.1 Å². The van der Waals surface area contributed by atoms with Gasteiger partial charge in [-0.3, -0.25) is 0 Å². The molecule has 0 unspecified atom stereocenters. The van der Waals surface area contributed by atoms with E-state index < -0.39 is 0 Å². The molecule has 1 aliphatic carbocycles. The quantitative estimate of drug-likeness (QED) is 0.191. The molecule has 7 aromatic carbocycles. The molecule has 4 heteroatoms. The molecule has 49 heavy (non-hydrogen) atoms. The van der Waals surface area contributed by atoms with E-state index in [-0.39, 0.29) is 0 Å². The number of hydrogen-bond acceptors (Lipinski definition) is 2. The van der Waals surface area contributed by atoms with Gasteiger partial charge in [-0.25, -0.2) is 0 Å². The third kappa shape index (κ3) is 4.11. The number of hydrogen-bond donors (Lipinski definition) is 2. The van der Waals surface area contributed by atoms with Gasteiger partial charge in [0.15, 0.2) is 0 Å². The van der Waals surface area contributed by atoms with Gasteiger partial charge < -0.3 is 20.6 Å². The maximum Gasteiger partial charge on any atom is 0.0541 e. The van der Waals surface area contributed by atoms with Crippen LogP contribution < -0.4 is 11.5 Å². The van der Waals surface area contributed by atoms with Crippen LogP contribution in [0.2, 0.25) is 0 Å². The summed E-state index contributed by atoms with van der Waals surface area (Å²) in [5.74, 6) is 0. The number of nitrogens with two attached hydrogens (primary N) is 2. The molecule has 0 spiro atoms. The van der Waals surface area contributed by atoms with Crippen LogP contribution in [-0.4, -0.2) is 9.13 Å². The molecule has 0 aliphatic heterocycles. The molecule has 2 heterocycles. The van der Waals surface area contributed by atoms with E-state index in [2.05, 4.69) is 149 Å². The Kier molecular flexibility index (Phi) is 5.91. The van der Waals surface area contributed by atoms with Crippen LogP contribution in [0.25, 0.3) is 82.8 Å². The molecular weight excluding hydrogens is 597 g/mol. The van der Waals surface area contributed by atoms with Crippen LogP contribution in [0.15, 0.2) is 157 Å². The van der Waals surface area contributed by atoms with Gasteiger partial charge in [0.1, 0.15) is 0 Å². The average molecular weight is 629 g/mol. The van der Waals surface area contributed by atoms with Gasteiger partial charge in [0.05, 0.1) is 16.6 Å². The highest BCUT2D eigenvalue weighted by molar-refractivity contribution is 6.21. The first-order valence-corrected chi connectivity index (χ1v) is 16.7. The minimum absolute atomic E-state index is 0.667. The van der Waals surface area contributed by atoms with E-state index >= 15 is 0 Å². The van der Waals surface area contributed by atoms with E-state index in [9.17, 15) is 0 Å². The number of nitrogens with zero attached hydrogens (tertiary/aromatic N) is 2. The van der Waals surface area contributed by atoms with E-state index in [1.165, 1.54) is 71.2 Å². The first kappa shape index (κ1) is 27.6. The fourth-order valence-corrected chi connectivity index (χ4v) is 8.07. The zero-order valence-electron chi connectivity index (χ0n) is 26.8. The van der Waals surface area contributed by atoms with Gasteiger partial charge in [-0.1, -0.05) is 97.1 Å². The molecule has 0 atom stereocenters. The van der Waals surface area contributed by atoms with Crippen LogP contribution in [0.4, 0.5) is 5.69 Å². The summed E-state index contributed by atoms with van der Waals surface area (Å²) < 4.78 is 4.78. The molecule has 0 amide bonds. The van der Waals surface area contributed by atoms with Crippen LogP contribution in [0.3, 0.4) is 0 Å². The fourth-order valence-electron chi connectivity index (χ4n) is 8.07. The lowest BCUT2D eigenvalue weighted by molar-refractivity contribution is 0.900. The minimum atomic E-state index is 0.667. The topological polar surface area (TPSA) is 61.9 Å². The second-order valence-corrected chi connectivity index (χ2v) is 13.0. The Labute approximate surface area is 283 Å². The average Bonchev–Trinajstić information content (AvgIpc) is 3.77. The number of anilines is 1. The van der Waals surface area contributed by atoms with Crippen LogP contribution in [0.5, 0.6) is 0 Å². The second kappa shape index (κ2) is 10.5. The number of para-hydroxylation sites is 2. The summed E-state index contributed by atoms with van der Waals surface area (Å²) in [6, 6.07) is 52.3. The third-order valence-corrected chi connectivity index (χ3v) is 10.3. The van der Waals surface area contributed by atoms with Crippen molar-refractivity contribution in [2.24, 2.45) is 5.73 Å². The molecule has 4 nitrogen and oxygen atoms in total. The smallest absolute Gasteiger partial charge is 0.0541 e. The number of benzene rings is 7. The van der Waals surface area contributed by atoms with Gasteiger partial charge in [-0.05, 0) is 88.1 Å². The van der Waals surface area contributed by atoms with Gasteiger partial charge in [0.25, 0.3) is 0 Å². The second-order valence-electron chi connectivity index (χ2n) is 13.0. The first-order valence-electron chi connectivity index (χ1n) is 16.7. The summed E-state index contributed by atoms with van der Waals surface area (Å²) in [5.41, 5.74) is 26.0. The van der Waals surface area contributed by atoms with Gasteiger partial charge in [0.2, 0.25) is 0 Å². The molecule has 10 rings (SSSR count). The molecule has 0 saturated heterocycles. The van der Waals surface area contributed by atoms with Crippen LogP contribution in [0, 0.1) is 0 Å². The zero-order chi connectivity index (χ0) is 32.6. The lowest BCUT2D eigenvalue weighted by Gasteiger charge is -2.10. The Balaban J connectivity index is 1.17. The molecule has 2 aromatic heterocycles. The van der Waals surface area contributed by atoms with Crippen LogP contribution in [0.1, 0.15) is 11.1 Å². The van der Waals surface area contributed by atoms with E-state index in [0.29, 0.717) is 6.54 Å². The Morgan fingerprint density at radius 1 is 0.531 bits per heavy atom. The first-order chi connectivity index (χ1) is 24.1. The molecule has 232 valence electrons. The number of rotatable bonds is 4. The Morgan fingerprint density at radius 2 is 1.22 bits per heavy atom. The molecule has 4 N–H and O–H groups in total. The van der Waals surface area contributed by atoms with E-state index in [1.54, 1.807) is 0 Å². The van der Waals surface area contributed by atoms with Crippen molar-refractivity contribution < 1.29 is 0 Å². The summed E-state index contributed by atoms with van der Waals surface area (Å²) in [7, 11) is 0. The maximum absolute atomic E-state index is 6.56. The lowest BCUT2D eigenvalue weighted by atomic mass is 9.99.